The molecule has 0 saturated heterocycles. The fourth-order valence-corrected chi connectivity index (χ4v) is 2.53. The maximum Gasteiger partial charge on any atom is 0.191 e. The molecule has 0 bridgehead atoms. The van der Waals surface area contributed by atoms with Crippen LogP contribution in [0.15, 0.2) is 47.7 Å². The van der Waals surface area contributed by atoms with E-state index in [2.05, 4.69) is 51.9 Å². The molecule has 23 heavy (non-hydrogen) atoms. The molecule has 124 valence electrons. The maximum atomic E-state index is 4.30. The lowest BCUT2D eigenvalue weighted by Gasteiger charge is -2.14. The largest absolute Gasteiger partial charge is 0.353 e. The van der Waals surface area contributed by atoms with Gasteiger partial charge in [0.1, 0.15) is 0 Å². The number of nitrogens with zero attached hydrogens (tertiary/aromatic N) is 3. The molecule has 1 aromatic heterocycles. The zero-order valence-electron chi connectivity index (χ0n) is 13.6. The van der Waals surface area contributed by atoms with Gasteiger partial charge in [0.05, 0.1) is 6.54 Å². The fourth-order valence-electron chi connectivity index (χ4n) is 2.53. The van der Waals surface area contributed by atoms with Gasteiger partial charge in [-0.05, 0) is 29.5 Å². The minimum Gasteiger partial charge on any atom is -0.353 e. The molecule has 2 atom stereocenters. The molecule has 2 aromatic rings. The van der Waals surface area contributed by atoms with Gasteiger partial charge in [-0.15, -0.1) is 24.0 Å². The molecule has 6 heteroatoms. The second-order valence-electron chi connectivity index (χ2n) is 5.86. The van der Waals surface area contributed by atoms with Gasteiger partial charge in [-0.1, -0.05) is 31.2 Å². The van der Waals surface area contributed by atoms with Gasteiger partial charge in [0.15, 0.2) is 5.96 Å². The van der Waals surface area contributed by atoms with Gasteiger partial charge >= 0.3 is 0 Å². The van der Waals surface area contributed by atoms with Crippen LogP contribution in [0.4, 0.5) is 0 Å². The van der Waals surface area contributed by atoms with E-state index in [1.807, 2.05) is 30.2 Å². The normalized spacial score (nSPS) is 19.8. The minimum absolute atomic E-state index is 0. The van der Waals surface area contributed by atoms with Crippen LogP contribution in [0, 0.1) is 5.92 Å². The number of benzene rings is 1. The van der Waals surface area contributed by atoms with Crippen molar-refractivity contribution < 1.29 is 0 Å². The Kier molecular flexibility index (Phi) is 6.44. The van der Waals surface area contributed by atoms with Crippen LogP contribution >= 0.6 is 24.0 Å². The summed E-state index contributed by atoms with van der Waals surface area (Å²) in [5, 5.41) is 11.1. The molecule has 0 radical (unpaired) electrons. The number of rotatable bonds is 5. The number of hydrogen-bond acceptors (Lipinski definition) is 2. The fraction of sp³-hybridized carbons (Fsp3) is 0.412. The van der Waals surface area contributed by atoms with E-state index in [0.717, 1.165) is 25.0 Å². The molecule has 3 rings (SSSR count). The third kappa shape index (κ3) is 4.95. The SMILES string of the molecule is CN=C(NCc1ccccc1Cn1cccn1)NC1CC1C.I. The number of guanidine groups is 1. The van der Waals surface area contributed by atoms with Crippen LogP contribution < -0.4 is 10.6 Å². The highest BCUT2D eigenvalue weighted by atomic mass is 127. The van der Waals surface area contributed by atoms with Crippen LogP contribution in [0.1, 0.15) is 24.5 Å². The third-order valence-electron chi connectivity index (χ3n) is 4.11. The van der Waals surface area contributed by atoms with Gasteiger partial charge in [0.25, 0.3) is 0 Å². The molecular formula is C17H24IN5. The first-order valence-electron chi connectivity index (χ1n) is 7.77. The molecule has 1 aliphatic rings. The van der Waals surface area contributed by atoms with Gasteiger partial charge in [0, 0.05) is 32.0 Å². The van der Waals surface area contributed by atoms with Crippen LogP contribution in [0.2, 0.25) is 0 Å². The average Bonchev–Trinajstić information content (AvgIpc) is 3.00. The zero-order valence-corrected chi connectivity index (χ0v) is 15.9. The maximum absolute atomic E-state index is 4.30. The van der Waals surface area contributed by atoms with Crippen LogP contribution in [0.5, 0.6) is 0 Å². The van der Waals surface area contributed by atoms with E-state index in [0.29, 0.717) is 6.04 Å². The van der Waals surface area contributed by atoms with Gasteiger partial charge in [0.2, 0.25) is 0 Å². The lowest BCUT2D eigenvalue weighted by Crippen LogP contribution is -2.38. The van der Waals surface area contributed by atoms with Crippen molar-refractivity contribution in [2.45, 2.75) is 32.5 Å². The van der Waals surface area contributed by atoms with Crippen LogP contribution in [-0.4, -0.2) is 28.8 Å². The smallest absolute Gasteiger partial charge is 0.191 e. The highest BCUT2D eigenvalue weighted by Gasteiger charge is 2.33. The van der Waals surface area contributed by atoms with Gasteiger partial charge in [-0.2, -0.15) is 5.10 Å². The average molecular weight is 425 g/mol. The highest BCUT2D eigenvalue weighted by Crippen LogP contribution is 2.28. The van der Waals surface area contributed by atoms with Crippen molar-refractivity contribution in [1.82, 2.24) is 20.4 Å². The number of nitrogens with one attached hydrogen (secondary N) is 2. The van der Waals surface area contributed by atoms with Crippen molar-refractivity contribution in [3.63, 3.8) is 0 Å². The zero-order chi connectivity index (χ0) is 15.4. The van der Waals surface area contributed by atoms with E-state index in [4.69, 9.17) is 0 Å². The van der Waals surface area contributed by atoms with Crippen molar-refractivity contribution in [2.24, 2.45) is 10.9 Å². The Balaban J connectivity index is 0.00000192. The van der Waals surface area contributed by atoms with Crippen molar-refractivity contribution in [1.29, 1.82) is 0 Å². The lowest BCUT2D eigenvalue weighted by molar-refractivity contribution is 0.677. The summed E-state index contributed by atoms with van der Waals surface area (Å²) >= 11 is 0. The molecule has 2 N–H and O–H groups in total. The van der Waals surface area contributed by atoms with Gasteiger partial charge in [-0.3, -0.25) is 9.67 Å². The first-order valence-corrected chi connectivity index (χ1v) is 7.77. The van der Waals surface area contributed by atoms with E-state index >= 15 is 0 Å². The van der Waals surface area contributed by atoms with E-state index in [1.54, 1.807) is 0 Å². The van der Waals surface area contributed by atoms with E-state index in [1.165, 1.54) is 17.5 Å². The van der Waals surface area contributed by atoms with Crippen molar-refractivity contribution in [3.8, 4) is 0 Å². The Morgan fingerprint density at radius 1 is 1.30 bits per heavy atom. The summed E-state index contributed by atoms with van der Waals surface area (Å²) in [6.45, 7) is 3.80. The molecular weight excluding hydrogens is 401 g/mol. The van der Waals surface area contributed by atoms with Crippen LogP contribution in [0.3, 0.4) is 0 Å². The quantitative estimate of drug-likeness (QED) is 0.440. The highest BCUT2D eigenvalue weighted by molar-refractivity contribution is 14.0. The second-order valence-corrected chi connectivity index (χ2v) is 5.86. The molecule has 0 spiro atoms. The van der Waals surface area contributed by atoms with Crippen molar-refractivity contribution >= 4 is 29.9 Å². The van der Waals surface area contributed by atoms with Gasteiger partial charge in [-0.25, -0.2) is 0 Å². The van der Waals surface area contributed by atoms with E-state index < -0.39 is 0 Å². The monoisotopic (exact) mass is 425 g/mol. The summed E-state index contributed by atoms with van der Waals surface area (Å²) in [5.41, 5.74) is 2.54. The molecule has 2 unspecified atom stereocenters. The Bertz CT molecular complexity index is 638. The molecule has 1 heterocycles. The molecule has 0 aliphatic heterocycles. The van der Waals surface area contributed by atoms with Crippen LogP contribution in [-0.2, 0) is 13.1 Å². The first kappa shape index (κ1) is 17.8. The predicted octanol–water partition coefficient (Wildman–Crippen LogP) is 2.62. The number of hydrogen-bond donors (Lipinski definition) is 2. The summed E-state index contributed by atoms with van der Waals surface area (Å²) in [6.07, 6.45) is 5.03. The van der Waals surface area contributed by atoms with E-state index in [9.17, 15) is 0 Å². The Hall–Kier alpha value is -1.57. The third-order valence-corrected chi connectivity index (χ3v) is 4.11. The molecule has 0 amide bonds. The predicted molar refractivity (Wildman–Crippen MR) is 104 cm³/mol. The summed E-state index contributed by atoms with van der Waals surface area (Å²) < 4.78 is 1.94. The first-order chi connectivity index (χ1) is 10.8. The number of aromatic nitrogens is 2. The van der Waals surface area contributed by atoms with Gasteiger partial charge < -0.3 is 10.6 Å². The van der Waals surface area contributed by atoms with Crippen molar-refractivity contribution in [2.75, 3.05) is 7.05 Å². The standard InChI is InChI=1S/C17H23N5.HI/c1-13-10-16(13)21-17(18-2)19-11-14-6-3-4-7-15(14)12-22-9-5-8-20-22;/h3-9,13,16H,10-12H2,1-2H3,(H2,18,19,21);1H. The Morgan fingerprint density at radius 2 is 2.04 bits per heavy atom. The Labute approximate surface area is 154 Å². The lowest BCUT2D eigenvalue weighted by atomic mass is 10.1. The Morgan fingerprint density at radius 3 is 2.65 bits per heavy atom. The van der Waals surface area contributed by atoms with Crippen LogP contribution in [0.25, 0.3) is 0 Å². The minimum atomic E-state index is 0. The van der Waals surface area contributed by atoms with Crippen molar-refractivity contribution in [3.05, 3.63) is 53.9 Å². The summed E-state index contributed by atoms with van der Waals surface area (Å²) in [5.74, 6) is 1.63. The number of halogens is 1. The summed E-state index contributed by atoms with van der Waals surface area (Å²) in [4.78, 5) is 4.30. The molecule has 1 aliphatic carbocycles. The number of aliphatic imine (C=N–C) groups is 1. The summed E-state index contributed by atoms with van der Waals surface area (Å²) in [6, 6.07) is 11.0. The molecule has 1 fully saturated rings. The topological polar surface area (TPSA) is 54.2 Å². The molecule has 1 aromatic carbocycles. The summed E-state index contributed by atoms with van der Waals surface area (Å²) in [7, 11) is 1.82. The van der Waals surface area contributed by atoms with E-state index in [-0.39, 0.29) is 24.0 Å². The second kappa shape index (κ2) is 8.33. The molecule has 5 nitrogen and oxygen atoms in total. The molecule has 1 saturated carbocycles.